The van der Waals surface area contributed by atoms with Crippen LogP contribution in [0.5, 0.6) is 11.5 Å². The van der Waals surface area contributed by atoms with E-state index in [0.29, 0.717) is 0 Å². The summed E-state index contributed by atoms with van der Waals surface area (Å²) in [6.45, 7) is 1.99. The molecule has 1 aromatic heterocycles. The summed E-state index contributed by atoms with van der Waals surface area (Å²) in [5.74, 6) is 0.983. The molecule has 1 aliphatic rings. The van der Waals surface area contributed by atoms with Gasteiger partial charge in [0.1, 0.15) is 24.2 Å². The molecule has 0 saturated heterocycles. The van der Waals surface area contributed by atoms with Gasteiger partial charge in [-0.2, -0.15) is 5.10 Å². The first-order valence-corrected chi connectivity index (χ1v) is 9.82. The van der Waals surface area contributed by atoms with Gasteiger partial charge in [-0.3, -0.25) is 4.79 Å². The normalized spacial score (nSPS) is 13.6. The van der Waals surface area contributed by atoms with E-state index in [-0.39, 0.29) is 11.9 Å². The lowest BCUT2D eigenvalue weighted by Crippen LogP contribution is -2.33. The molecule has 6 heteroatoms. The van der Waals surface area contributed by atoms with Crippen LogP contribution in [0.25, 0.3) is 5.69 Å². The average molecular weight is 396 g/mol. The summed E-state index contributed by atoms with van der Waals surface area (Å²) >= 11 is 0. The lowest BCUT2D eigenvalue weighted by molar-refractivity contribution is -0.122. The Hall–Kier alpha value is -3.93. The van der Waals surface area contributed by atoms with Gasteiger partial charge in [0.15, 0.2) is 0 Å². The van der Waals surface area contributed by atoms with Crippen molar-refractivity contribution in [2.45, 2.75) is 18.9 Å². The third-order valence-electron chi connectivity index (χ3n) is 5.38. The van der Waals surface area contributed by atoms with Gasteiger partial charge in [0.2, 0.25) is 5.91 Å². The van der Waals surface area contributed by atoms with Crippen molar-refractivity contribution in [1.29, 1.82) is 0 Å². The molecule has 148 valence electrons. The summed E-state index contributed by atoms with van der Waals surface area (Å²) < 4.78 is 7.70. The molecule has 0 bridgehead atoms. The maximum Gasteiger partial charge on any atom is 0.232 e. The van der Waals surface area contributed by atoms with Crippen molar-refractivity contribution >= 4 is 5.91 Å². The molecule has 4 aromatic rings. The summed E-state index contributed by atoms with van der Waals surface area (Å²) in [6.07, 6.45) is 3.15. The number of rotatable bonds is 4. The van der Waals surface area contributed by atoms with Gasteiger partial charge in [-0.1, -0.05) is 48.5 Å². The molecule has 3 aromatic carbocycles. The lowest BCUT2D eigenvalue weighted by Gasteiger charge is -2.28. The fourth-order valence-corrected chi connectivity index (χ4v) is 3.83. The largest absolute Gasteiger partial charge is 0.457 e. The Morgan fingerprint density at radius 1 is 0.967 bits per heavy atom. The zero-order valence-corrected chi connectivity index (χ0v) is 16.4. The number of hydrogen-bond acceptors (Lipinski definition) is 4. The number of benzene rings is 3. The molecule has 1 amide bonds. The SMILES string of the molecule is CC(NC(=O)C1c2ccccc2Oc2ccccc21)c1ccc(-n2cncn2)cc1. The van der Waals surface area contributed by atoms with E-state index in [1.807, 2.05) is 79.7 Å². The number of nitrogens with zero attached hydrogens (tertiary/aromatic N) is 3. The van der Waals surface area contributed by atoms with E-state index < -0.39 is 5.92 Å². The van der Waals surface area contributed by atoms with E-state index in [0.717, 1.165) is 33.9 Å². The van der Waals surface area contributed by atoms with E-state index in [1.165, 1.54) is 6.33 Å². The summed E-state index contributed by atoms with van der Waals surface area (Å²) in [5.41, 5.74) is 3.69. The van der Waals surface area contributed by atoms with Crippen molar-refractivity contribution in [3.63, 3.8) is 0 Å². The number of amides is 1. The number of hydrogen-bond donors (Lipinski definition) is 1. The molecule has 0 spiro atoms. The van der Waals surface area contributed by atoms with E-state index in [1.54, 1.807) is 11.0 Å². The average Bonchev–Trinajstić information content (AvgIpc) is 3.32. The fourth-order valence-electron chi connectivity index (χ4n) is 3.83. The Balaban J connectivity index is 1.40. The van der Waals surface area contributed by atoms with Crippen molar-refractivity contribution in [3.8, 4) is 17.2 Å². The van der Waals surface area contributed by atoms with Gasteiger partial charge >= 0.3 is 0 Å². The standard InChI is InChI=1S/C24H20N4O2/c1-16(17-10-12-18(13-11-17)28-15-25-14-26-28)27-24(29)23-19-6-2-4-8-21(19)30-22-9-5-3-7-20(22)23/h2-16,23H,1H3,(H,27,29). The van der Waals surface area contributed by atoms with E-state index in [4.69, 9.17) is 4.74 Å². The second-order valence-corrected chi connectivity index (χ2v) is 7.27. The van der Waals surface area contributed by atoms with Crippen LogP contribution >= 0.6 is 0 Å². The van der Waals surface area contributed by atoms with Crippen molar-refractivity contribution in [3.05, 3.63) is 102 Å². The van der Waals surface area contributed by atoms with Gasteiger partial charge in [0.05, 0.1) is 17.6 Å². The van der Waals surface area contributed by atoms with Crippen LogP contribution < -0.4 is 10.1 Å². The Bertz CT molecular complexity index is 1140. The molecule has 2 heterocycles. The van der Waals surface area contributed by atoms with Crippen molar-refractivity contribution in [1.82, 2.24) is 20.1 Å². The Labute approximate surface area is 174 Å². The third kappa shape index (κ3) is 3.22. The molecule has 1 N–H and O–H groups in total. The first-order chi connectivity index (χ1) is 14.7. The topological polar surface area (TPSA) is 69.0 Å². The predicted molar refractivity (Wildman–Crippen MR) is 113 cm³/mol. The number of aromatic nitrogens is 3. The second-order valence-electron chi connectivity index (χ2n) is 7.27. The summed E-state index contributed by atoms with van der Waals surface area (Å²) in [7, 11) is 0. The van der Waals surface area contributed by atoms with Gasteiger partial charge in [-0.05, 0) is 36.8 Å². The first kappa shape index (κ1) is 18.1. The summed E-state index contributed by atoms with van der Waals surface area (Å²) in [4.78, 5) is 17.3. The minimum absolute atomic E-state index is 0.0500. The summed E-state index contributed by atoms with van der Waals surface area (Å²) in [6, 6.07) is 23.2. The van der Waals surface area contributed by atoms with Crippen LogP contribution in [0.1, 0.15) is 35.6 Å². The molecule has 1 aliphatic heterocycles. The number of carbonyl (C=O) groups excluding carboxylic acids is 1. The van der Waals surface area contributed by atoms with Crippen LogP contribution in [0, 0.1) is 0 Å². The van der Waals surface area contributed by atoms with Crippen molar-refractivity contribution in [2.24, 2.45) is 0 Å². The van der Waals surface area contributed by atoms with Crippen LogP contribution in [-0.4, -0.2) is 20.7 Å². The predicted octanol–water partition coefficient (Wildman–Crippen LogP) is 4.38. The molecule has 0 saturated carbocycles. The van der Waals surface area contributed by atoms with E-state index in [2.05, 4.69) is 15.4 Å². The number of nitrogens with one attached hydrogen (secondary N) is 1. The van der Waals surface area contributed by atoms with Crippen molar-refractivity contribution < 1.29 is 9.53 Å². The van der Waals surface area contributed by atoms with Gasteiger partial charge in [0.25, 0.3) is 0 Å². The first-order valence-electron chi connectivity index (χ1n) is 9.82. The smallest absolute Gasteiger partial charge is 0.232 e. The minimum Gasteiger partial charge on any atom is -0.457 e. The number of carbonyl (C=O) groups is 1. The minimum atomic E-state index is -0.414. The molecule has 0 fully saturated rings. The Kier molecular flexibility index (Phi) is 4.52. The molecule has 0 aliphatic carbocycles. The van der Waals surface area contributed by atoms with Gasteiger partial charge in [-0.25, -0.2) is 9.67 Å². The summed E-state index contributed by atoms with van der Waals surface area (Å²) in [5, 5.41) is 7.31. The highest BCUT2D eigenvalue weighted by molar-refractivity contribution is 5.90. The quantitative estimate of drug-likeness (QED) is 0.556. The maximum atomic E-state index is 13.4. The van der Waals surface area contributed by atoms with Crippen LogP contribution in [0.15, 0.2) is 85.5 Å². The van der Waals surface area contributed by atoms with E-state index >= 15 is 0 Å². The highest BCUT2D eigenvalue weighted by atomic mass is 16.5. The lowest BCUT2D eigenvalue weighted by atomic mass is 9.87. The molecule has 1 atom stereocenters. The zero-order valence-electron chi connectivity index (χ0n) is 16.4. The van der Waals surface area contributed by atoms with Gasteiger partial charge < -0.3 is 10.1 Å². The molecule has 6 nitrogen and oxygen atoms in total. The maximum absolute atomic E-state index is 13.4. The fraction of sp³-hybridized carbons (Fsp3) is 0.125. The third-order valence-corrected chi connectivity index (χ3v) is 5.38. The van der Waals surface area contributed by atoms with Crippen LogP contribution in [-0.2, 0) is 4.79 Å². The van der Waals surface area contributed by atoms with Crippen LogP contribution in [0.2, 0.25) is 0 Å². The Morgan fingerprint density at radius 2 is 1.60 bits per heavy atom. The monoisotopic (exact) mass is 396 g/mol. The van der Waals surface area contributed by atoms with Crippen LogP contribution in [0.4, 0.5) is 0 Å². The highest BCUT2D eigenvalue weighted by Gasteiger charge is 2.32. The number of para-hydroxylation sites is 2. The number of ether oxygens (including phenoxy) is 1. The highest BCUT2D eigenvalue weighted by Crippen LogP contribution is 2.44. The van der Waals surface area contributed by atoms with Gasteiger partial charge in [0, 0.05) is 11.1 Å². The van der Waals surface area contributed by atoms with Crippen molar-refractivity contribution in [2.75, 3.05) is 0 Å². The van der Waals surface area contributed by atoms with Gasteiger partial charge in [-0.15, -0.1) is 0 Å². The number of fused-ring (bicyclic) bond motifs is 2. The Morgan fingerprint density at radius 3 is 2.20 bits per heavy atom. The second kappa shape index (κ2) is 7.48. The zero-order chi connectivity index (χ0) is 20.5. The van der Waals surface area contributed by atoms with E-state index in [9.17, 15) is 4.79 Å². The molecular weight excluding hydrogens is 376 g/mol. The van der Waals surface area contributed by atoms with Crippen LogP contribution in [0.3, 0.4) is 0 Å². The molecule has 1 unspecified atom stereocenters. The molecule has 5 rings (SSSR count). The molecule has 0 radical (unpaired) electrons. The molecular formula is C24H20N4O2. The molecule has 30 heavy (non-hydrogen) atoms.